The van der Waals surface area contributed by atoms with Gasteiger partial charge in [0.15, 0.2) is 5.11 Å². The predicted octanol–water partition coefficient (Wildman–Crippen LogP) is 4.97. The van der Waals surface area contributed by atoms with Crippen molar-refractivity contribution in [2.24, 2.45) is 0 Å². The van der Waals surface area contributed by atoms with Gasteiger partial charge in [-0.3, -0.25) is 19.8 Å². The van der Waals surface area contributed by atoms with Crippen LogP contribution in [-0.2, 0) is 9.59 Å². The van der Waals surface area contributed by atoms with Crippen LogP contribution in [0.3, 0.4) is 0 Å². The second-order valence-corrected chi connectivity index (χ2v) is 8.07. The molecule has 0 bridgehead atoms. The molecule has 1 heterocycles. The van der Waals surface area contributed by atoms with E-state index in [1.54, 1.807) is 18.2 Å². The monoisotopic (exact) mass is 442 g/mol. The number of amides is 2. The number of carbonyl (C=O) groups is 2. The molecule has 1 fully saturated rings. The van der Waals surface area contributed by atoms with E-state index in [1.165, 1.54) is 11.0 Å². The zero-order valence-corrected chi connectivity index (χ0v) is 18.9. The fourth-order valence-electron chi connectivity index (χ4n) is 3.10. The molecule has 1 saturated heterocycles. The van der Waals surface area contributed by atoms with Crippen molar-refractivity contribution in [1.82, 2.24) is 5.32 Å². The van der Waals surface area contributed by atoms with Crippen LogP contribution in [0.1, 0.15) is 37.0 Å². The molecule has 1 atom stereocenters. The van der Waals surface area contributed by atoms with Crippen LogP contribution in [0.5, 0.6) is 5.75 Å². The van der Waals surface area contributed by atoms with Crippen molar-refractivity contribution in [2.45, 2.75) is 40.2 Å². The number of thiocarbonyl (C=S) groups is 1. The van der Waals surface area contributed by atoms with Gasteiger partial charge in [0.05, 0.1) is 16.8 Å². The average Bonchev–Trinajstić information content (AvgIpc) is 2.68. The smallest absolute Gasteiger partial charge is 0.270 e. The molecule has 1 aliphatic heterocycles. The summed E-state index contributed by atoms with van der Waals surface area (Å²) >= 11 is 11.6. The molecular weight excluding hydrogens is 420 g/mol. The van der Waals surface area contributed by atoms with Crippen molar-refractivity contribution >= 4 is 52.5 Å². The highest BCUT2D eigenvalue weighted by Gasteiger charge is 2.35. The lowest BCUT2D eigenvalue weighted by Crippen LogP contribution is -2.54. The molecule has 0 aromatic heterocycles. The standard InChI is InChI=1S/C23H23ClN2O3S/c1-5-15(4)29-20-9-7-16(12-18(20)24)11-17-21(27)25-23(30)26(22(17)28)19-8-6-13(2)10-14(19)3/h6-12,15H,5H2,1-4H3,(H,25,27,30)/b17-11+/t15-/m0/s1. The Balaban J connectivity index is 1.95. The van der Waals surface area contributed by atoms with Crippen molar-refractivity contribution in [3.63, 3.8) is 0 Å². The Hall–Kier alpha value is -2.70. The molecule has 0 aliphatic carbocycles. The summed E-state index contributed by atoms with van der Waals surface area (Å²) in [7, 11) is 0. The quantitative estimate of drug-likeness (QED) is 0.403. The van der Waals surface area contributed by atoms with Gasteiger partial charge in [0, 0.05) is 0 Å². The maximum atomic E-state index is 13.2. The highest BCUT2D eigenvalue weighted by molar-refractivity contribution is 7.80. The summed E-state index contributed by atoms with van der Waals surface area (Å²) in [4.78, 5) is 27.0. The molecule has 3 rings (SSSR count). The number of halogens is 1. The van der Waals surface area contributed by atoms with Crippen LogP contribution >= 0.6 is 23.8 Å². The molecule has 7 heteroatoms. The summed E-state index contributed by atoms with van der Waals surface area (Å²) < 4.78 is 5.77. The molecule has 0 unspecified atom stereocenters. The zero-order valence-electron chi connectivity index (χ0n) is 17.3. The van der Waals surface area contributed by atoms with E-state index in [2.05, 4.69) is 5.32 Å². The predicted molar refractivity (Wildman–Crippen MR) is 124 cm³/mol. The number of aryl methyl sites for hydroxylation is 2. The van der Waals surface area contributed by atoms with Gasteiger partial charge in [-0.1, -0.05) is 42.3 Å². The van der Waals surface area contributed by atoms with Gasteiger partial charge in [0.2, 0.25) is 0 Å². The van der Waals surface area contributed by atoms with Gasteiger partial charge < -0.3 is 4.74 Å². The van der Waals surface area contributed by atoms with Gasteiger partial charge in [0.25, 0.3) is 11.8 Å². The number of ether oxygens (including phenoxy) is 1. The summed E-state index contributed by atoms with van der Waals surface area (Å²) in [5, 5.41) is 3.07. The molecule has 5 nitrogen and oxygen atoms in total. The third-order valence-corrected chi connectivity index (χ3v) is 5.44. The number of nitrogens with zero attached hydrogens (tertiary/aromatic N) is 1. The summed E-state index contributed by atoms with van der Waals surface area (Å²) in [6.07, 6.45) is 2.39. The van der Waals surface area contributed by atoms with Gasteiger partial charge in [-0.25, -0.2) is 0 Å². The fourth-order valence-corrected chi connectivity index (χ4v) is 3.61. The van der Waals surface area contributed by atoms with E-state index in [4.69, 9.17) is 28.6 Å². The third-order valence-electron chi connectivity index (χ3n) is 4.86. The lowest BCUT2D eigenvalue weighted by atomic mass is 10.0. The van der Waals surface area contributed by atoms with Crippen LogP contribution in [0.2, 0.25) is 5.02 Å². The highest BCUT2D eigenvalue weighted by Crippen LogP contribution is 2.29. The minimum absolute atomic E-state index is 0.0183. The molecule has 156 valence electrons. The first kappa shape index (κ1) is 22.0. The largest absolute Gasteiger partial charge is 0.489 e. The van der Waals surface area contributed by atoms with E-state index in [-0.39, 0.29) is 16.8 Å². The highest BCUT2D eigenvalue weighted by atomic mass is 35.5. The molecule has 1 N–H and O–H groups in total. The third kappa shape index (κ3) is 4.55. The summed E-state index contributed by atoms with van der Waals surface area (Å²) in [6, 6.07) is 10.8. The number of anilines is 1. The number of carbonyl (C=O) groups excluding carboxylic acids is 2. The first-order valence-electron chi connectivity index (χ1n) is 9.66. The number of nitrogens with one attached hydrogen (secondary N) is 1. The second-order valence-electron chi connectivity index (χ2n) is 7.27. The Labute approximate surface area is 186 Å². The lowest BCUT2D eigenvalue weighted by Gasteiger charge is -2.30. The Morgan fingerprint density at radius 3 is 2.57 bits per heavy atom. The van der Waals surface area contributed by atoms with Crippen LogP contribution in [0.25, 0.3) is 6.08 Å². The van der Waals surface area contributed by atoms with Gasteiger partial charge in [-0.2, -0.15) is 0 Å². The molecule has 2 amide bonds. The summed E-state index contributed by atoms with van der Waals surface area (Å²) in [6.45, 7) is 7.85. The Kier molecular flexibility index (Phi) is 6.58. The number of rotatable bonds is 5. The first-order chi connectivity index (χ1) is 14.2. The molecule has 0 saturated carbocycles. The van der Waals surface area contributed by atoms with Gasteiger partial charge in [-0.15, -0.1) is 0 Å². The van der Waals surface area contributed by atoms with Gasteiger partial charge >= 0.3 is 0 Å². The molecule has 0 radical (unpaired) electrons. The molecule has 30 heavy (non-hydrogen) atoms. The van der Waals surface area contributed by atoms with E-state index in [0.717, 1.165) is 17.5 Å². The topological polar surface area (TPSA) is 58.6 Å². The summed E-state index contributed by atoms with van der Waals surface area (Å²) in [5.41, 5.74) is 3.19. The van der Waals surface area contributed by atoms with Crippen LogP contribution in [-0.4, -0.2) is 23.0 Å². The van der Waals surface area contributed by atoms with E-state index in [9.17, 15) is 9.59 Å². The minimum Gasteiger partial charge on any atom is -0.489 e. The lowest BCUT2D eigenvalue weighted by molar-refractivity contribution is -0.122. The maximum Gasteiger partial charge on any atom is 0.270 e. The summed E-state index contributed by atoms with van der Waals surface area (Å²) in [5.74, 6) is -0.459. The minimum atomic E-state index is -0.540. The Morgan fingerprint density at radius 2 is 1.93 bits per heavy atom. The van der Waals surface area contributed by atoms with Crippen LogP contribution in [0, 0.1) is 13.8 Å². The molecule has 0 spiro atoms. The van der Waals surface area contributed by atoms with E-state index in [0.29, 0.717) is 22.0 Å². The van der Waals surface area contributed by atoms with E-state index in [1.807, 2.05) is 45.9 Å². The Morgan fingerprint density at radius 1 is 1.20 bits per heavy atom. The van der Waals surface area contributed by atoms with Crippen molar-refractivity contribution in [1.29, 1.82) is 0 Å². The van der Waals surface area contributed by atoms with Crippen molar-refractivity contribution < 1.29 is 14.3 Å². The fraction of sp³-hybridized carbons (Fsp3) is 0.261. The number of hydrogen-bond acceptors (Lipinski definition) is 4. The Bertz CT molecular complexity index is 1060. The van der Waals surface area contributed by atoms with Crippen molar-refractivity contribution in [3.05, 3.63) is 63.7 Å². The first-order valence-corrected chi connectivity index (χ1v) is 10.4. The zero-order chi connectivity index (χ0) is 22.0. The normalized spacial score (nSPS) is 16.6. The SMILES string of the molecule is CC[C@H](C)Oc1ccc(/C=C2\C(=O)NC(=S)N(c3ccc(C)cc3C)C2=O)cc1Cl. The molecule has 2 aromatic rings. The van der Waals surface area contributed by atoms with Crippen LogP contribution in [0.15, 0.2) is 42.0 Å². The molecule has 2 aromatic carbocycles. The van der Waals surface area contributed by atoms with Gasteiger partial charge in [-0.05, 0) is 74.8 Å². The van der Waals surface area contributed by atoms with Crippen molar-refractivity contribution in [3.8, 4) is 5.75 Å². The van der Waals surface area contributed by atoms with Crippen LogP contribution in [0.4, 0.5) is 5.69 Å². The second kappa shape index (κ2) is 8.98. The van der Waals surface area contributed by atoms with Crippen molar-refractivity contribution in [2.75, 3.05) is 4.90 Å². The maximum absolute atomic E-state index is 13.2. The number of hydrogen-bond donors (Lipinski definition) is 1. The van der Waals surface area contributed by atoms with E-state index < -0.39 is 11.8 Å². The van der Waals surface area contributed by atoms with Gasteiger partial charge in [0.1, 0.15) is 11.3 Å². The molecular formula is C23H23ClN2O3S. The average molecular weight is 443 g/mol. The van der Waals surface area contributed by atoms with E-state index >= 15 is 0 Å². The van der Waals surface area contributed by atoms with Crippen LogP contribution < -0.4 is 15.0 Å². The molecule has 1 aliphatic rings. The number of benzene rings is 2.